The fourth-order valence-corrected chi connectivity index (χ4v) is 2.94. The summed E-state index contributed by atoms with van der Waals surface area (Å²) in [4.78, 5) is 4.55. The summed E-state index contributed by atoms with van der Waals surface area (Å²) in [5.41, 5.74) is 5.85. The number of rotatable bonds is 5. The van der Waals surface area contributed by atoms with Crippen LogP contribution in [0.4, 0.5) is 11.5 Å². The zero-order valence-electron chi connectivity index (χ0n) is 16.0. The van der Waals surface area contributed by atoms with Crippen molar-refractivity contribution < 1.29 is 4.74 Å². The standard InChI is InChI=1S/C25H22N2O/c1-18-8-9-20(16-19(18)2)21-10-15-25(26-17-21)27-22-11-13-24(14-12-22)28-23-6-4-3-5-7-23/h3-17H,1-2H3,(H,26,27). The van der Waals surface area contributed by atoms with Crippen LogP contribution in [0.5, 0.6) is 11.5 Å². The van der Waals surface area contributed by atoms with Crippen LogP contribution in [0.25, 0.3) is 11.1 Å². The molecule has 0 aliphatic carbocycles. The smallest absolute Gasteiger partial charge is 0.130 e. The molecule has 0 fully saturated rings. The monoisotopic (exact) mass is 366 g/mol. The first kappa shape index (κ1) is 17.8. The van der Waals surface area contributed by atoms with Gasteiger partial charge in [-0.15, -0.1) is 0 Å². The van der Waals surface area contributed by atoms with Gasteiger partial charge >= 0.3 is 0 Å². The zero-order chi connectivity index (χ0) is 19.3. The van der Waals surface area contributed by atoms with Crippen molar-refractivity contribution in [3.8, 4) is 22.6 Å². The number of anilines is 2. The van der Waals surface area contributed by atoms with E-state index in [4.69, 9.17) is 4.74 Å². The van der Waals surface area contributed by atoms with Crippen molar-refractivity contribution in [1.82, 2.24) is 4.98 Å². The highest BCUT2D eigenvalue weighted by Gasteiger charge is 2.03. The molecule has 3 nitrogen and oxygen atoms in total. The van der Waals surface area contributed by atoms with Crippen LogP contribution in [0.2, 0.25) is 0 Å². The molecule has 1 aromatic heterocycles. The maximum absolute atomic E-state index is 5.82. The molecule has 0 radical (unpaired) electrons. The summed E-state index contributed by atoms with van der Waals surface area (Å²) in [6, 6.07) is 28.2. The number of benzene rings is 3. The Morgan fingerprint density at radius 3 is 2.07 bits per heavy atom. The highest BCUT2D eigenvalue weighted by molar-refractivity contribution is 5.66. The van der Waals surface area contributed by atoms with E-state index < -0.39 is 0 Å². The summed E-state index contributed by atoms with van der Waals surface area (Å²) in [6.45, 7) is 4.26. The molecule has 0 atom stereocenters. The van der Waals surface area contributed by atoms with E-state index in [1.807, 2.05) is 66.9 Å². The normalized spacial score (nSPS) is 10.5. The van der Waals surface area contributed by atoms with E-state index >= 15 is 0 Å². The number of hydrogen-bond donors (Lipinski definition) is 1. The fraction of sp³-hybridized carbons (Fsp3) is 0.0800. The minimum Gasteiger partial charge on any atom is -0.457 e. The number of para-hydroxylation sites is 1. The van der Waals surface area contributed by atoms with Crippen molar-refractivity contribution in [2.75, 3.05) is 5.32 Å². The minimum atomic E-state index is 0.801. The van der Waals surface area contributed by atoms with Crippen LogP contribution < -0.4 is 10.1 Å². The predicted molar refractivity (Wildman–Crippen MR) is 115 cm³/mol. The quantitative estimate of drug-likeness (QED) is 0.417. The molecule has 0 aliphatic heterocycles. The van der Waals surface area contributed by atoms with Gasteiger partial charge in [-0.3, -0.25) is 0 Å². The second-order valence-corrected chi connectivity index (χ2v) is 6.80. The van der Waals surface area contributed by atoms with Gasteiger partial charge in [-0.25, -0.2) is 4.98 Å². The summed E-state index contributed by atoms with van der Waals surface area (Å²) < 4.78 is 5.82. The third-order valence-electron chi connectivity index (χ3n) is 4.71. The first-order chi connectivity index (χ1) is 13.7. The Bertz CT molecular complexity index is 1060. The van der Waals surface area contributed by atoms with Gasteiger partial charge in [0.1, 0.15) is 17.3 Å². The number of hydrogen-bond acceptors (Lipinski definition) is 3. The van der Waals surface area contributed by atoms with Crippen molar-refractivity contribution in [2.24, 2.45) is 0 Å². The lowest BCUT2D eigenvalue weighted by Gasteiger charge is -2.09. The van der Waals surface area contributed by atoms with Crippen LogP contribution in [-0.2, 0) is 0 Å². The third-order valence-corrected chi connectivity index (χ3v) is 4.71. The van der Waals surface area contributed by atoms with Crippen molar-refractivity contribution in [1.29, 1.82) is 0 Å². The number of nitrogens with zero attached hydrogens (tertiary/aromatic N) is 1. The summed E-state index contributed by atoms with van der Waals surface area (Å²) in [5, 5.41) is 3.33. The van der Waals surface area contributed by atoms with Gasteiger partial charge in [-0.1, -0.05) is 36.4 Å². The molecule has 138 valence electrons. The molecule has 28 heavy (non-hydrogen) atoms. The first-order valence-corrected chi connectivity index (χ1v) is 9.31. The Labute approximate surface area is 165 Å². The maximum Gasteiger partial charge on any atom is 0.130 e. The largest absolute Gasteiger partial charge is 0.457 e. The molecule has 0 spiro atoms. The maximum atomic E-state index is 5.82. The van der Waals surface area contributed by atoms with E-state index in [2.05, 4.69) is 48.4 Å². The van der Waals surface area contributed by atoms with Gasteiger partial charge in [0.05, 0.1) is 0 Å². The van der Waals surface area contributed by atoms with Gasteiger partial charge in [0.15, 0.2) is 0 Å². The van der Waals surface area contributed by atoms with Gasteiger partial charge < -0.3 is 10.1 Å². The Hall–Kier alpha value is -3.59. The SMILES string of the molecule is Cc1ccc(-c2ccc(Nc3ccc(Oc4ccccc4)cc3)nc2)cc1C. The highest BCUT2D eigenvalue weighted by Crippen LogP contribution is 2.25. The van der Waals surface area contributed by atoms with Crippen molar-refractivity contribution in [2.45, 2.75) is 13.8 Å². The van der Waals surface area contributed by atoms with Crippen LogP contribution in [0.1, 0.15) is 11.1 Å². The topological polar surface area (TPSA) is 34.1 Å². The van der Waals surface area contributed by atoms with Gasteiger partial charge in [0.25, 0.3) is 0 Å². The predicted octanol–water partition coefficient (Wildman–Crippen LogP) is 6.90. The molecule has 3 aromatic carbocycles. The fourth-order valence-electron chi connectivity index (χ4n) is 2.94. The molecule has 0 saturated carbocycles. The lowest BCUT2D eigenvalue weighted by molar-refractivity contribution is 0.483. The van der Waals surface area contributed by atoms with E-state index in [-0.39, 0.29) is 0 Å². The molecular formula is C25H22N2O. The molecule has 0 amide bonds. The Morgan fingerprint density at radius 1 is 0.679 bits per heavy atom. The van der Waals surface area contributed by atoms with Crippen LogP contribution in [-0.4, -0.2) is 4.98 Å². The van der Waals surface area contributed by atoms with Crippen molar-refractivity contribution >= 4 is 11.5 Å². The molecule has 1 N–H and O–H groups in total. The van der Waals surface area contributed by atoms with E-state index in [0.29, 0.717) is 0 Å². The molecule has 3 heteroatoms. The highest BCUT2D eigenvalue weighted by atomic mass is 16.5. The van der Waals surface area contributed by atoms with Gasteiger partial charge in [-0.05, 0) is 79.1 Å². The molecule has 4 rings (SSSR count). The van der Waals surface area contributed by atoms with Crippen LogP contribution in [0, 0.1) is 13.8 Å². The van der Waals surface area contributed by atoms with E-state index in [9.17, 15) is 0 Å². The number of pyridine rings is 1. The van der Waals surface area contributed by atoms with Gasteiger partial charge in [0, 0.05) is 17.4 Å². The molecule has 0 saturated heterocycles. The average Bonchev–Trinajstić information content (AvgIpc) is 2.73. The Kier molecular flexibility index (Phi) is 5.07. The van der Waals surface area contributed by atoms with Crippen molar-refractivity contribution in [3.63, 3.8) is 0 Å². The number of aromatic nitrogens is 1. The Morgan fingerprint density at radius 2 is 1.39 bits per heavy atom. The molecule has 0 bridgehead atoms. The van der Waals surface area contributed by atoms with Gasteiger partial charge in [0.2, 0.25) is 0 Å². The van der Waals surface area contributed by atoms with Crippen LogP contribution in [0.3, 0.4) is 0 Å². The second kappa shape index (κ2) is 7.97. The van der Waals surface area contributed by atoms with Crippen LogP contribution >= 0.6 is 0 Å². The molecule has 0 aliphatic rings. The van der Waals surface area contributed by atoms with E-state index in [1.54, 1.807) is 0 Å². The lowest BCUT2D eigenvalue weighted by Crippen LogP contribution is -1.94. The minimum absolute atomic E-state index is 0.801. The van der Waals surface area contributed by atoms with E-state index in [0.717, 1.165) is 28.6 Å². The number of nitrogens with one attached hydrogen (secondary N) is 1. The third kappa shape index (κ3) is 4.21. The van der Waals surface area contributed by atoms with Gasteiger partial charge in [-0.2, -0.15) is 0 Å². The zero-order valence-corrected chi connectivity index (χ0v) is 16.0. The molecular weight excluding hydrogens is 344 g/mol. The summed E-state index contributed by atoms with van der Waals surface area (Å²) in [7, 11) is 0. The number of aryl methyl sites for hydroxylation is 2. The number of ether oxygens (including phenoxy) is 1. The Balaban J connectivity index is 1.43. The van der Waals surface area contributed by atoms with Crippen LogP contribution in [0.15, 0.2) is 91.1 Å². The van der Waals surface area contributed by atoms with E-state index in [1.165, 1.54) is 16.7 Å². The molecule has 1 heterocycles. The second-order valence-electron chi connectivity index (χ2n) is 6.80. The molecule has 0 unspecified atom stereocenters. The molecule has 4 aromatic rings. The summed E-state index contributed by atoms with van der Waals surface area (Å²) in [5.74, 6) is 2.44. The first-order valence-electron chi connectivity index (χ1n) is 9.31. The summed E-state index contributed by atoms with van der Waals surface area (Å²) >= 11 is 0. The average molecular weight is 366 g/mol. The van der Waals surface area contributed by atoms with Crippen molar-refractivity contribution in [3.05, 3.63) is 102 Å². The summed E-state index contributed by atoms with van der Waals surface area (Å²) in [6.07, 6.45) is 1.90. The lowest BCUT2D eigenvalue weighted by atomic mass is 10.0.